The van der Waals surface area contributed by atoms with Crippen LogP contribution >= 0.6 is 0 Å². The van der Waals surface area contributed by atoms with Crippen molar-refractivity contribution in [2.75, 3.05) is 0 Å². The molecule has 1 heterocycles. The molecule has 1 radical (unpaired) electrons. The molecule has 0 fully saturated rings. The van der Waals surface area contributed by atoms with Crippen molar-refractivity contribution in [2.45, 2.75) is 25.4 Å². The number of carboxylic acid groups (broad SMARTS) is 2. The van der Waals surface area contributed by atoms with Crippen molar-refractivity contribution in [1.82, 2.24) is 9.97 Å². The molecule has 0 bridgehead atoms. The Labute approximate surface area is 114 Å². The molecular formula is C9H16CuN4O4. The van der Waals surface area contributed by atoms with Gasteiger partial charge < -0.3 is 26.7 Å². The fraction of sp³-hybridized carbons (Fsp3) is 0.444. The van der Waals surface area contributed by atoms with Crippen molar-refractivity contribution < 1.29 is 36.9 Å². The summed E-state index contributed by atoms with van der Waals surface area (Å²) in [5, 5.41) is 16.3. The summed E-state index contributed by atoms with van der Waals surface area (Å²) in [5.74, 6) is -1.96. The van der Waals surface area contributed by atoms with Crippen LogP contribution in [0, 0.1) is 0 Å². The van der Waals surface area contributed by atoms with E-state index in [2.05, 4.69) is 9.97 Å². The van der Waals surface area contributed by atoms with E-state index < -0.39 is 24.0 Å². The maximum absolute atomic E-state index is 10.3. The topological polar surface area (TPSA) is 155 Å². The third-order valence-electron chi connectivity index (χ3n) is 1.70. The van der Waals surface area contributed by atoms with Gasteiger partial charge in [-0.05, 0) is 6.92 Å². The Morgan fingerprint density at radius 2 is 1.89 bits per heavy atom. The number of carbonyl (C=O) groups is 2. The molecule has 2 atom stereocenters. The average Bonchev–Trinajstić information content (AvgIpc) is 2.71. The van der Waals surface area contributed by atoms with Gasteiger partial charge in [-0.2, -0.15) is 0 Å². The van der Waals surface area contributed by atoms with Gasteiger partial charge in [0.05, 0.1) is 6.33 Å². The van der Waals surface area contributed by atoms with E-state index in [0.717, 1.165) is 5.69 Å². The monoisotopic (exact) mass is 307 g/mol. The smallest absolute Gasteiger partial charge is 0.320 e. The Kier molecular flexibility index (Phi) is 10.1. The van der Waals surface area contributed by atoms with Gasteiger partial charge in [-0.15, -0.1) is 0 Å². The Hall–Kier alpha value is -1.41. The number of nitrogens with two attached hydrogens (primary N) is 2. The SMILES string of the molecule is CC(N)C(=O)O.NC(Cc1cnc[nH]1)C(=O)O.[Cu]. The first-order chi connectivity index (χ1) is 7.84. The van der Waals surface area contributed by atoms with E-state index in [4.69, 9.17) is 21.7 Å². The van der Waals surface area contributed by atoms with Gasteiger partial charge in [0.15, 0.2) is 0 Å². The van der Waals surface area contributed by atoms with Crippen molar-refractivity contribution in [2.24, 2.45) is 11.5 Å². The predicted octanol–water partition coefficient (Wildman–Crippen LogP) is -1.22. The molecule has 2 unspecified atom stereocenters. The van der Waals surface area contributed by atoms with Crippen molar-refractivity contribution in [3.05, 3.63) is 18.2 Å². The zero-order chi connectivity index (χ0) is 13.4. The Balaban J connectivity index is 0. The van der Waals surface area contributed by atoms with Crippen molar-refractivity contribution in [1.29, 1.82) is 0 Å². The normalized spacial score (nSPS) is 12.4. The van der Waals surface area contributed by atoms with Crippen LogP contribution in [-0.4, -0.2) is 44.2 Å². The van der Waals surface area contributed by atoms with Crippen LogP contribution in [0.3, 0.4) is 0 Å². The number of aliphatic carboxylic acids is 2. The van der Waals surface area contributed by atoms with Gasteiger partial charge in [-0.3, -0.25) is 9.59 Å². The summed E-state index contributed by atoms with van der Waals surface area (Å²) in [6.07, 6.45) is 3.34. The van der Waals surface area contributed by atoms with Crippen LogP contribution in [0.2, 0.25) is 0 Å². The van der Waals surface area contributed by atoms with Gasteiger partial charge in [0.2, 0.25) is 0 Å². The molecule has 0 spiro atoms. The van der Waals surface area contributed by atoms with Crippen LogP contribution in [0.5, 0.6) is 0 Å². The number of rotatable bonds is 4. The van der Waals surface area contributed by atoms with Gasteiger partial charge in [-0.25, -0.2) is 4.98 Å². The number of nitrogens with one attached hydrogen (secondary N) is 1. The van der Waals surface area contributed by atoms with E-state index in [9.17, 15) is 9.59 Å². The molecule has 0 aliphatic carbocycles. The molecule has 1 aromatic heterocycles. The van der Waals surface area contributed by atoms with Gasteiger partial charge in [0.25, 0.3) is 0 Å². The zero-order valence-corrected chi connectivity index (χ0v) is 10.6. The summed E-state index contributed by atoms with van der Waals surface area (Å²) >= 11 is 0. The summed E-state index contributed by atoms with van der Waals surface area (Å²) in [4.78, 5) is 26.3. The number of hydrogen-bond donors (Lipinski definition) is 5. The first-order valence-electron chi connectivity index (χ1n) is 4.78. The Morgan fingerprint density at radius 1 is 1.39 bits per heavy atom. The molecule has 1 rings (SSSR count). The number of H-pyrrole nitrogens is 1. The van der Waals surface area contributed by atoms with E-state index in [1.807, 2.05) is 0 Å². The van der Waals surface area contributed by atoms with E-state index in [1.165, 1.54) is 13.3 Å². The maximum atomic E-state index is 10.3. The number of aromatic nitrogens is 2. The number of imidazole rings is 1. The zero-order valence-electron chi connectivity index (χ0n) is 9.63. The molecule has 0 saturated heterocycles. The molecule has 107 valence electrons. The Morgan fingerprint density at radius 3 is 2.17 bits per heavy atom. The van der Waals surface area contributed by atoms with Gasteiger partial charge >= 0.3 is 11.9 Å². The second kappa shape index (κ2) is 9.60. The summed E-state index contributed by atoms with van der Waals surface area (Å²) in [7, 11) is 0. The van der Waals surface area contributed by atoms with Crippen LogP contribution in [0.4, 0.5) is 0 Å². The van der Waals surface area contributed by atoms with E-state index in [0.29, 0.717) is 0 Å². The second-order valence-corrected chi connectivity index (χ2v) is 3.35. The fourth-order valence-corrected chi connectivity index (χ4v) is 0.721. The minimum Gasteiger partial charge on any atom is -0.480 e. The van der Waals surface area contributed by atoms with E-state index >= 15 is 0 Å². The van der Waals surface area contributed by atoms with E-state index in [-0.39, 0.29) is 23.5 Å². The number of carboxylic acids is 2. The van der Waals surface area contributed by atoms with Gasteiger partial charge in [0, 0.05) is 35.4 Å². The minimum atomic E-state index is -1.00. The van der Waals surface area contributed by atoms with Gasteiger partial charge in [0.1, 0.15) is 12.1 Å². The molecule has 0 aliphatic rings. The molecule has 18 heavy (non-hydrogen) atoms. The number of aromatic amines is 1. The molecule has 0 saturated carbocycles. The number of hydrogen-bond acceptors (Lipinski definition) is 5. The molecular weight excluding hydrogens is 292 g/mol. The second-order valence-electron chi connectivity index (χ2n) is 3.35. The third-order valence-corrected chi connectivity index (χ3v) is 1.70. The van der Waals surface area contributed by atoms with Gasteiger partial charge in [-0.1, -0.05) is 0 Å². The summed E-state index contributed by atoms with van der Waals surface area (Å²) < 4.78 is 0. The molecule has 8 nitrogen and oxygen atoms in total. The summed E-state index contributed by atoms with van der Waals surface area (Å²) in [5.41, 5.74) is 10.8. The largest absolute Gasteiger partial charge is 0.480 e. The van der Waals surface area contributed by atoms with Crippen molar-refractivity contribution in [3.63, 3.8) is 0 Å². The predicted molar refractivity (Wildman–Crippen MR) is 59.2 cm³/mol. The molecule has 0 amide bonds. The van der Waals surface area contributed by atoms with Crippen LogP contribution in [0.15, 0.2) is 12.5 Å². The Bertz CT molecular complexity index is 355. The molecule has 1 aromatic rings. The first kappa shape index (κ1) is 18.9. The quantitative estimate of drug-likeness (QED) is 0.436. The summed E-state index contributed by atoms with van der Waals surface area (Å²) in [6.45, 7) is 1.42. The molecule has 0 aromatic carbocycles. The first-order valence-corrected chi connectivity index (χ1v) is 4.78. The standard InChI is InChI=1S/C6H9N3O2.C3H7NO2.Cu/c7-5(6(10)11)1-4-2-8-3-9-4;1-2(4)3(5)6;/h2-3,5H,1,7H2,(H,8,9)(H,10,11);2H,4H2,1H3,(H,5,6);. The molecule has 0 aliphatic heterocycles. The van der Waals surface area contributed by atoms with Crippen LogP contribution in [0.1, 0.15) is 12.6 Å². The third kappa shape index (κ3) is 8.71. The molecule has 9 heteroatoms. The maximum Gasteiger partial charge on any atom is 0.320 e. The van der Waals surface area contributed by atoms with Crippen LogP contribution < -0.4 is 11.5 Å². The van der Waals surface area contributed by atoms with E-state index in [1.54, 1.807) is 6.20 Å². The minimum absolute atomic E-state index is 0. The molecule has 7 N–H and O–H groups in total. The van der Waals surface area contributed by atoms with Crippen molar-refractivity contribution >= 4 is 11.9 Å². The average molecular weight is 308 g/mol. The van der Waals surface area contributed by atoms with Crippen LogP contribution in [-0.2, 0) is 33.1 Å². The number of nitrogens with zero attached hydrogens (tertiary/aromatic N) is 1. The fourth-order valence-electron chi connectivity index (χ4n) is 0.721. The summed E-state index contributed by atoms with van der Waals surface area (Å²) in [6, 6.07) is -1.58. The van der Waals surface area contributed by atoms with Crippen molar-refractivity contribution in [3.8, 4) is 0 Å². The van der Waals surface area contributed by atoms with Crippen LogP contribution in [0.25, 0.3) is 0 Å².